The van der Waals surface area contributed by atoms with Gasteiger partial charge in [-0.25, -0.2) is 10.5 Å². The molecule has 0 aliphatic carbocycles. The van der Waals surface area contributed by atoms with Gasteiger partial charge in [-0.3, -0.25) is 4.79 Å². The minimum atomic E-state index is -4.63. The zero-order valence-electron chi connectivity index (χ0n) is 9.65. The highest BCUT2D eigenvalue weighted by molar-refractivity contribution is 6.02. The number of hydrogen-bond donors (Lipinski definition) is 2. The van der Waals surface area contributed by atoms with Crippen LogP contribution in [0.3, 0.4) is 0 Å². The number of aldehydes is 1. The lowest BCUT2D eigenvalue weighted by molar-refractivity contribution is -0.0599. The van der Waals surface area contributed by atoms with Gasteiger partial charge in [0.1, 0.15) is 5.75 Å². The first kappa shape index (κ1) is 13.1. The summed E-state index contributed by atoms with van der Waals surface area (Å²) in [6.45, 7) is 0. The molecule has 0 saturated heterocycles. The van der Waals surface area contributed by atoms with Crippen LogP contribution < -0.4 is 20.8 Å². The third kappa shape index (κ3) is 2.45. The number of methoxy groups -OCH3 is 1. The van der Waals surface area contributed by atoms with Crippen LogP contribution in [0.4, 0.5) is 18.9 Å². The van der Waals surface area contributed by atoms with E-state index in [4.69, 9.17) is 4.74 Å². The number of halogens is 3. The number of nitrogens with zero attached hydrogens (tertiary/aromatic N) is 2. The molecule has 1 aliphatic rings. The maximum absolute atomic E-state index is 12.7. The molecule has 1 aromatic carbocycles. The SMILES string of the molecule is COc1ccc(N2NNN=C2C(F)(F)F)cc1C=O. The number of ether oxygens (including phenoxy) is 1. The molecule has 0 spiro atoms. The van der Waals surface area contributed by atoms with Crippen LogP contribution in [0.5, 0.6) is 5.75 Å². The van der Waals surface area contributed by atoms with Crippen molar-refractivity contribution in [1.29, 1.82) is 0 Å². The standard InChI is InChI=1S/C10H9F3N4O2/c1-19-8-3-2-7(4-6(8)5-18)17-9(10(11,12)13)14-15-16-17/h2-5,15-16H,1H3. The Morgan fingerprint density at radius 1 is 1.42 bits per heavy atom. The number of rotatable bonds is 3. The molecule has 102 valence electrons. The predicted octanol–water partition coefficient (Wildman–Crippen LogP) is 1.21. The van der Waals surface area contributed by atoms with Crippen LogP contribution in [0.15, 0.2) is 23.3 Å². The first-order valence-corrected chi connectivity index (χ1v) is 5.06. The van der Waals surface area contributed by atoms with E-state index >= 15 is 0 Å². The Kier molecular flexibility index (Phi) is 3.30. The molecule has 0 unspecified atom stereocenters. The normalized spacial score (nSPS) is 14.9. The first-order valence-electron chi connectivity index (χ1n) is 5.06. The predicted molar refractivity (Wildman–Crippen MR) is 60.6 cm³/mol. The number of hydrazine groups is 2. The fraction of sp³-hybridized carbons (Fsp3) is 0.200. The minimum absolute atomic E-state index is 0.101. The summed E-state index contributed by atoms with van der Waals surface area (Å²) in [4.78, 5) is 10.8. The fourth-order valence-corrected chi connectivity index (χ4v) is 1.56. The number of carbonyl (C=O) groups is 1. The molecule has 1 aromatic rings. The topological polar surface area (TPSA) is 66.0 Å². The van der Waals surface area contributed by atoms with Gasteiger partial charge in [-0.2, -0.15) is 13.2 Å². The summed E-state index contributed by atoms with van der Waals surface area (Å²) in [6, 6.07) is 4.02. The Hall–Kier alpha value is -2.29. The number of nitrogens with one attached hydrogen (secondary N) is 2. The Morgan fingerprint density at radius 2 is 2.16 bits per heavy atom. The van der Waals surface area contributed by atoms with E-state index in [0.717, 1.165) is 0 Å². The van der Waals surface area contributed by atoms with Crippen molar-refractivity contribution in [2.75, 3.05) is 12.1 Å². The number of hydrazone groups is 1. The van der Waals surface area contributed by atoms with Crippen LogP contribution in [-0.4, -0.2) is 25.4 Å². The van der Waals surface area contributed by atoms with Crippen molar-refractivity contribution in [3.63, 3.8) is 0 Å². The second-order valence-corrected chi connectivity index (χ2v) is 3.54. The van der Waals surface area contributed by atoms with Crippen molar-refractivity contribution >= 4 is 17.8 Å². The molecule has 0 saturated carbocycles. The maximum atomic E-state index is 12.7. The van der Waals surface area contributed by atoms with Crippen molar-refractivity contribution in [1.82, 2.24) is 11.1 Å². The lowest BCUT2D eigenvalue weighted by Gasteiger charge is -2.20. The van der Waals surface area contributed by atoms with Crippen molar-refractivity contribution in [3.05, 3.63) is 23.8 Å². The number of carbonyl (C=O) groups excluding carboxylic acids is 1. The monoisotopic (exact) mass is 274 g/mol. The number of benzene rings is 1. The highest BCUT2D eigenvalue weighted by atomic mass is 19.4. The highest BCUT2D eigenvalue weighted by Crippen LogP contribution is 2.28. The van der Waals surface area contributed by atoms with Crippen molar-refractivity contribution < 1.29 is 22.7 Å². The summed E-state index contributed by atoms with van der Waals surface area (Å²) >= 11 is 0. The van der Waals surface area contributed by atoms with Gasteiger partial charge in [0.05, 0.1) is 18.4 Å². The Bertz CT molecular complexity index is 530. The van der Waals surface area contributed by atoms with Crippen LogP contribution in [0.1, 0.15) is 10.4 Å². The average Bonchev–Trinajstić information content (AvgIpc) is 2.87. The maximum Gasteiger partial charge on any atom is 0.453 e. The fourth-order valence-electron chi connectivity index (χ4n) is 1.56. The molecule has 0 fully saturated rings. The van der Waals surface area contributed by atoms with E-state index in [1.807, 2.05) is 5.53 Å². The van der Waals surface area contributed by atoms with Gasteiger partial charge in [-0.05, 0) is 18.2 Å². The summed E-state index contributed by atoms with van der Waals surface area (Å²) in [5.41, 5.74) is 4.47. The summed E-state index contributed by atoms with van der Waals surface area (Å²) in [5, 5.41) is 3.79. The van der Waals surface area contributed by atoms with Gasteiger partial charge in [0.15, 0.2) is 6.29 Å². The number of alkyl halides is 3. The minimum Gasteiger partial charge on any atom is -0.496 e. The molecule has 1 aliphatic heterocycles. The van der Waals surface area contributed by atoms with Crippen molar-refractivity contribution in [2.24, 2.45) is 5.10 Å². The third-order valence-electron chi connectivity index (χ3n) is 2.39. The Labute approximate surface area is 105 Å². The van der Waals surface area contributed by atoms with Gasteiger partial charge in [-0.1, -0.05) is 0 Å². The summed E-state index contributed by atoms with van der Waals surface area (Å²) < 4.78 is 42.9. The first-order chi connectivity index (χ1) is 8.97. The highest BCUT2D eigenvalue weighted by Gasteiger charge is 2.43. The van der Waals surface area contributed by atoms with Gasteiger partial charge in [-0.15, -0.1) is 10.6 Å². The smallest absolute Gasteiger partial charge is 0.453 e. The molecule has 0 atom stereocenters. The number of anilines is 1. The molecule has 0 aromatic heterocycles. The molecule has 0 amide bonds. The van der Waals surface area contributed by atoms with E-state index in [1.54, 1.807) is 0 Å². The van der Waals surface area contributed by atoms with Gasteiger partial charge in [0.2, 0.25) is 0 Å². The van der Waals surface area contributed by atoms with Crippen LogP contribution in [0.2, 0.25) is 0 Å². The molecule has 9 heteroatoms. The lowest BCUT2D eigenvalue weighted by atomic mass is 10.2. The summed E-state index contributed by atoms with van der Waals surface area (Å²) in [7, 11) is 1.36. The van der Waals surface area contributed by atoms with Gasteiger partial charge >= 0.3 is 6.18 Å². The van der Waals surface area contributed by atoms with Crippen molar-refractivity contribution in [2.45, 2.75) is 6.18 Å². The molecule has 1 heterocycles. The second kappa shape index (κ2) is 4.76. The second-order valence-electron chi connectivity index (χ2n) is 3.54. The van der Waals surface area contributed by atoms with Crippen LogP contribution in [0.25, 0.3) is 0 Å². The average molecular weight is 274 g/mol. The molecular formula is C10H9F3N4O2. The zero-order chi connectivity index (χ0) is 14.0. The van der Waals surface area contributed by atoms with E-state index in [1.165, 1.54) is 25.3 Å². The van der Waals surface area contributed by atoms with E-state index in [9.17, 15) is 18.0 Å². The Balaban J connectivity index is 2.38. The van der Waals surface area contributed by atoms with Crippen LogP contribution in [-0.2, 0) is 0 Å². The van der Waals surface area contributed by atoms with Gasteiger partial charge < -0.3 is 4.74 Å². The van der Waals surface area contributed by atoms with E-state index in [2.05, 4.69) is 10.6 Å². The summed E-state index contributed by atoms with van der Waals surface area (Å²) in [6.07, 6.45) is -4.13. The molecule has 2 N–H and O–H groups in total. The quantitative estimate of drug-likeness (QED) is 0.811. The zero-order valence-corrected chi connectivity index (χ0v) is 9.65. The van der Waals surface area contributed by atoms with E-state index in [-0.39, 0.29) is 17.0 Å². The molecule has 6 nitrogen and oxygen atoms in total. The van der Waals surface area contributed by atoms with Crippen LogP contribution >= 0.6 is 0 Å². The molecule has 19 heavy (non-hydrogen) atoms. The summed E-state index contributed by atoms with van der Waals surface area (Å²) in [5.74, 6) is -0.883. The number of amidine groups is 1. The van der Waals surface area contributed by atoms with E-state index < -0.39 is 12.0 Å². The number of hydrogen-bond acceptors (Lipinski definition) is 6. The van der Waals surface area contributed by atoms with Crippen molar-refractivity contribution in [3.8, 4) is 5.75 Å². The largest absolute Gasteiger partial charge is 0.496 e. The molecular weight excluding hydrogens is 265 g/mol. The van der Waals surface area contributed by atoms with Gasteiger partial charge in [0, 0.05) is 0 Å². The Morgan fingerprint density at radius 3 is 2.74 bits per heavy atom. The molecule has 0 radical (unpaired) electrons. The third-order valence-corrected chi connectivity index (χ3v) is 2.39. The molecule has 2 rings (SSSR count). The van der Waals surface area contributed by atoms with E-state index in [0.29, 0.717) is 11.3 Å². The lowest BCUT2D eigenvalue weighted by Crippen LogP contribution is -2.46. The molecule has 0 bridgehead atoms. The van der Waals surface area contributed by atoms with Crippen LogP contribution in [0, 0.1) is 0 Å². The van der Waals surface area contributed by atoms with Gasteiger partial charge in [0.25, 0.3) is 5.84 Å².